The molecule has 0 bridgehead atoms. The summed E-state index contributed by atoms with van der Waals surface area (Å²) in [5.41, 5.74) is 6.03. The van der Waals surface area contributed by atoms with Gasteiger partial charge in [0.05, 0.1) is 17.3 Å². The molecule has 0 aliphatic heterocycles. The molecule has 1 atom stereocenters. The van der Waals surface area contributed by atoms with E-state index in [0.29, 0.717) is 13.2 Å². The second-order valence-corrected chi connectivity index (χ2v) is 5.11. The second kappa shape index (κ2) is 6.68. The molecule has 1 rings (SSSR count). The number of aryl methyl sites for hydroxylation is 2. The van der Waals surface area contributed by atoms with Gasteiger partial charge in [-0.1, -0.05) is 0 Å². The lowest BCUT2D eigenvalue weighted by molar-refractivity contribution is -0.122. The first kappa shape index (κ1) is 14.1. The van der Waals surface area contributed by atoms with Crippen molar-refractivity contribution >= 4 is 17.2 Å². The zero-order chi connectivity index (χ0) is 12.8. The van der Waals surface area contributed by atoms with Crippen LogP contribution in [0.15, 0.2) is 0 Å². The minimum atomic E-state index is -0.438. The van der Waals surface area contributed by atoms with Crippen molar-refractivity contribution in [2.75, 3.05) is 19.8 Å². The average molecular weight is 257 g/mol. The summed E-state index contributed by atoms with van der Waals surface area (Å²) in [6, 6.07) is 0.248. The molecule has 96 valence electrons. The lowest BCUT2D eigenvalue weighted by atomic mass is 10.2. The predicted molar refractivity (Wildman–Crippen MR) is 68.0 cm³/mol. The first-order chi connectivity index (χ1) is 8.00. The fraction of sp³-hybridized carbons (Fsp3) is 0.636. The Labute approximate surface area is 105 Å². The number of aromatic nitrogens is 1. The number of nitrogens with zero attached hydrogens (tertiary/aromatic N) is 1. The number of hydrogen-bond donors (Lipinski definition) is 2. The highest BCUT2D eigenvalue weighted by Crippen LogP contribution is 2.23. The maximum Gasteiger partial charge on any atom is 0.243 e. The summed E-state index contributed by atoms with van der Waals surface area (Å²) < 4.78 is 5.07. The first-order valence-electron chi connectivity index (χ1n) is 5.54. The van der Waals surface area contributed by atoms with Gasteiger partial charge >= 0.3 is 0 Å². The summed E-state index contributed by atoms with van der Waals surface area (Å²) in [7, 11) is 0. The molecule has 1 heterocycles. The number of hydrogen-bond acceptors (Lipinski definition) is 5. The Morgan fingerprint density at radius 3 is 2.82 bits per heavy atom. The van der Waals surface area contributed by atoms with E-state index in [1.54, 1.807) is 11.3 Å². The van der Waals surface area contributed by atoms with Gasteiger partial charge in [0.25, 0.3) is 0 Å². The summed E-state index contributed by atoms with van der Waals surface area (Å²) in [6.07, 6.45) is 0. The Morgan fingerprint density at radius 1 is 1.59 bits per heavy atom. The molecule has 0 saturated heterocycles. The SMILES string of the molecule is Cc1nc(C)c(C(C)NCCOCC(N)=O)s1. The van der Waals surface area contributed by atoms with E-state index in [2.05, 4.69) is 17.2 Å². The van der Waals surface area contributed by atoms with Crippen molar-refractivity contribution in [3.8, 4) is 0 Å². The van der Waals surface area contributed by atoms with Crippen LogP contribution in [0.25, 0.3) is 0 Å². The number of ether oxygens (including phenoxy) is 1. The Balaban J connectivity index is 2.28. The van der Waals surface area contributed by atoms with Crippen molar-refractivity contribution in [1.82, 2.24) is 10.3 Å². The van der Waals surface area contributed by atoms with Crippen molar-refractivity contribution in [1.29, 1.82) is 0 Å². The third kappa shape index (κ3) is 4.80. The number of primary amides is 1. The molecule has 1 aromatic rings. The van der Waals surface area contributed by atoms with Gasteiger partial charge in [-0.2, -0.15) is 0 Å². The van der Waals surface area contributed by atoms with Crippen LogP contribution in [-0.2, 0) is 9.53 Å². The van der Waals surface area contributed by atoms with Gasteiger partial charge in [0, 0.05) is 17.5 Å². The fourth-order valence-electron chi connectivity index (χ4n) is 1.56. The zero-order valence-electron chi connectivity index (χ0n) is 10.4. The molecule has 0 radical (unpaired) electrons. The Hall–Kier alpha value is -0.980. The van der Waals surface area contributed by atoms with E-state index in [1.165, 1.54) is 4.88 Å². The molecular formula is C11H19N3O2S. The van der Waals surface area contributed by atoms with Crippen LogP contribution in [0.2, 0.25) is 0 Å². The van der Waals surface area contributed by atoms with Crippen molar-refractivity contribution in [2.24, 2.45) is 5.73 Å². The van der Waals surface area contributed by atoms with Crippen LogP contribution in [0.5, 0.6) is 0 Å². The van der Waals surface area contributed by atoms with E-state index in [-0.39, 0.29) is 12.6 Å². The van der Waals surface area contributed by atoms with Crippen LogP contribution in [-0.4, -0.2) is 30.6 Å². The van der Waals surface area contributed by atoms with Gasteiger partial charge < -0.3 is 15.8 Å². The maximum absolute atomic E-state index is 10.4. The Kier molecular flexibility index (Phi) is 5.54. The van der Waals surface area contributed by atoms with E-state index in [4.69, 9.17) is 10.5 Å². The predicted octanol–water partition coefficient (Wildman–Crippen LogP) is 0.912. The van der Waals surface area contributed by atoms with Gasteiger partial charge in [0.1, 0.15) is 6.61 Å². The van der Waals surface area contributed by atoms with Crippen molar-refractivity contribution in [3.05, 3.63) is 15.6 Å². The van der Waals surface area contributed by atoms with Crippen molar-refractivity contribution in [2.45, 2.75) is 26.8 Å². The van der Waals surface area contributed by atoms with Gasteiger partial charge in [-0.3, -0.25) is 4.79 Å². The number of thiazole rings is 1. The molecule has 0 aromatic carbocycles. The molecule has 3 N–H and O–H groups in total. The normalized spacial score (nSPS) is 12.6. The fourth-order valence-corrected chi connectivity index (χ4v) is 2.52. The number of rotatable bonds is 7. The number of carbonyl (C=O) groups excluding carboxylic acids is 1. The molecule has 1 aromatic heterocycles. The summed E-state index contributed by atoms with van der Waals surface area (Å²) in [6.45, 7) is 7.25. The largest absolute Gasteiger partial charge is 0.370 e. The molecule has 0 fully saturated rings. The molecule has 5 nitrogen and oxygen atoms in total. The molecule has 0 saturated carbocycles. The molecule has 17 heavy (non-hydrogen) atoms. The zero-order valence-corrected chi connectivity index (χ0v) is 11.3. The quantitative estimate of drug-likeness (QED) is 0.712. The smallest absolute Gasteiger partial charge is 0.243 e. The van der Waals surface area contributed by atoms with Gasteiger partial charge in [0.2, 0.25) is 5.91 Å². The lowest BCUT2D eigenvalue weighted by Gasteiger charge is -2.12. The number of nitrogens with one attached hydrogen (secondary N) is 1. The topological polar surface area (TPSA) is 77.2 Å². The van der Waals surface area contributed by atoms with Crippen molar-refractivity contribution < 1.29 is 9.53 Å². The average Bonchev–Trinajstić information content (AvgIpc) is 2.56. The van der Waals surface area contributed by atoms with E-state index >= 15 is 0 Å². The molecule has 0 spiro atoms. The highest BCUT2D eigenvalue weighted by molar-refractivity contribution is 7.11. The van der Waals surface area contributed by atoms with E-state index in [0.717, 1.165) is 10.7 Å². The molecule has 1 unspecified atom stereocenters. The number of nitrogens with two attached hydrogens (primary N) is 1. The van der Waals surface area contributed by atoms with Crippen LogP contribution < -0.4 is 11.1 Å². The molecule has 0 aliphatic rings. The van der Waals surface area contributed by atoms with Crippen LogP contribution in [0.3, 0.4) is 0 Å². The summed E-state index contributed by atoms with van der Waals surface area (Å²) in [4.78, 5) is 16.1. The summed E-state index contributed by atoms with van der Waals surface area (Å²) in [5, 5.41) is 4.40. The van der Waals surface area contributed by atoms with Crippen LogP contribution in [0.1, 0.15) is 28.5 Å². The minimum absolute atomic E-state index is 0.0191. The highest BCUT2D eigenvalue weighted by atomic mass is 32.1. The Bertz CT molecular complexity index is 379. The van der Waals surface area contributed by atoms with E-state index in [9.17, 15) is 4.79 Å². The van der Waals surface area contributed by atoms with Crippen LogP contribution in [0, 0.1) is 13.8 Å². The summed E-state index contributed by atoms with van der Waals surface area (Å²) >= 11 is 1.70. The van der Waals surface area contributed by atoms with Crippen LogP contribution in [0.4, 0.5) is 0 Å². The first-order valence-corrected chi connectivity index (χ1v) is 6.35. The molecule has 6 heteroatoms. The molecular weight excluding hydrogens is 238 g/mol. The monoisotopic (exact) mass is 257 g/mol. The summed E-state index contributed by atoms with van der Waals surface area (Å²) in [5.74, 6) is -0.438. The number of carbonyl (C=O) groups is 1. The van der Waals surface area contributed by atoms with Crippen LogP contribution >= 0.6 is 11.3 Å². The third-order valence-electron chi connectivity index (χ3n) is 2.27. The maximum atomic E-state index is 10.4. The minimum Gasteiger partial charge on any atom is -0.370 e. The van der Waals surface area contributed by atoms with E-state index in [1.807, 2.05) is 13.8 Å². The van der Waals surface area contributed by atoms with Gasteiger partial charge in [-0.05, 0) is 20.8 Å². The van der Waals surface area contributed by atoms with E-state index < -0.39 is 5.91 Å². The Morgan fingerprint density at radius 2 is 2.29 bits per heavy atom. The molecule has 1 amide bonds. The number of amides is 1. The third-order valence-corrected chi connectivity index (χ3v) is 3.53. The standard InChI is InChI=1S/C11H19N3O2S/c1-7(11-8(2)14-9(3)17-11)13-4-5-16-6-10(12)15/h7,13H,4-6H2,1-3H3,(H2,12,15). The van der Waals surface area contributed by atoms with Gasteiger partial charge in [-0.25, -0.2) is 4.98 Å². The second-order valence-electron chi connectivity index (χ2n) is 3.88. The van der Waals surface area contributed by atoms with Gasteiger partial charge in [0.15, 0.2) is 0 Å². The lowest BCUT2D eigenvalue weighted by Crippen LogP contribution is -2.25. The molecule has 0 aliphatic carbocycles. The van der Waals surface area contributed by atoms with Crippen molar-refractivity contribution in [3.63, 3.8) is 0 Å². The highest BCUT2D eigenvalue weighted by Gasteiger charge is 2.11. The van der Waals surface area contributed by atoms with Gasteiger partial charge in [-0.15, -0.1) is 11.3 Å².